The molecule has 2 fully saturated rings. The highest BCUT2D eigenvalue weighted by Crippen LogP contribution is 2.37. The van der Waals surface area contributed by atoms with Crippen molar-refractivity contribution >= 4 is 21.6 Å². The van der Waals surface area contributed by atoms with E-state index in [0.717, 1.165) is 12.3 Å². The van der Waals surface area contributed by atoms with E-state index in [-0.39, 0.29) is 0 Å². The van der Waals surface area contributed by atoms with Gasteiger partial charge in [0.1, 0.15) is 0 Å². The summed E-state index contributed by atoms with van der Waals surface area (Å²) in [6.45, 7) is 1.35. The van der Waals surface area contributed by atoms with Gasteiger partial charge in [0.05, 0.1) is 4.90 Å². The van der Waals surface area contributed by atoms with E-state index in [2.05, 4.69) is 0 Å². The van der Waals surface area contributed by atoms with E-state index in [9.17, 15) is 8.42 Å². The second kappa shape index (κ2) is 5.66. The van der Waals surface area contributed by atoms with Gasteiger partial charge >= 0.3 is 0 Å². The quantitative estimate of drug-likeness (QED) is 0.837. The number of hydrogen-bond donors (Lipinski definition) is 0. The number of fused-ring (bicyclic) bond motifs is 1. The summed E-state index contributed by atoms with van der Waals surface area (Å²) >= 11 is 5.83. The highest BCUT2D eigenvalue weighted by atomic mass is 35.5. The van der Waals surface area contributed by atoms with Gasteiger partial charge in [-0.15, -0.1) is 0 Å². The largest absolute Gasteiger partial charge is 0.243 e. The molecule has 0 spiro atoms. The Morgan fingerprint density at radius 1 is 1.00 bits per heavy atom. The van der Waals surface area contributed by atoms with Crippen LogP contribution in [0.15, 0.2) is 29.2 Å². The summed E-state index contributed by atoms with van der Waals surface area (Å²) in [7, 11) is -3.35. The van der Waals surface area contributed by atoms with Crippen LogP contribution in [0.2, 0.25) is 5.02 Å². The normalized spacial score (nSPS) is 28.1. The van der Waals surface area contributed by atoms with Gasteiger partial charge in [-0.25, -0.2) is 8.42 Å². The molecule has 3 nitrogen and oxygen atoms in total. The molecule has 0 radical (unpaired) electrons. The van der Waals surface area contributed by atoms with Gasteiger partial charge in [-0.2, -0.15) is 4.31 Å². The van der Waals surface area contributed by atoms with Crippen LogP contribution < -0.4 is 0 Å². The molecule has 0 amide bonds. The SMILES string of the molecule is O=S(=O)(c1ccc(Cl)cc1)N1CC[C@@H]2CCCC[C@H]2C1. The van der Waals surface area contributed by atoms with E-state index < -0.39 is 10.0 Å². The van der Waals surface area contributed by atoms with Crippen LogP contribution >= 0.6 is 11.6 Å². The molecular formula is C15H20ClNO2S. The minimum absolute atomic E-state index is 0.358. The lowest BCUT2D eigenvalue weighted by atomic mass is 9.76. The van der Waals surface area contributed by atoms with E-state index >= 15 is 0 Å². The Morgan fingerprint density at radius 2 is 1.65 bits per heavy atom. The van der Waals surface area contributed by atoms with E-state index in [1.165, 1.54) is 25.7 Å². The Labute approximate surface area is 126 Å². The Bertz CT molecular complexity index is 570. The number of piperidine rings is 1. The average molecular weight is 314 g/mol. The summed E-state index contributed by atoms with van der Waals surface area (Å²) in [5, 5.41) is 0.565. The van der Waals surface area contributed by atoms with Crippen molar-refractivity contribution in [1.29, 1.82) is 0 Å². The standard InChI is InChI=1S/C15H20ClNO2S/c16-14-5-7-15(8-6-14)20(18,19)17-10-9-12-3-1-2-4-13(12)11-17/h5-8,12-13H,1-4,9-11H2/t12-,13-/m0/s1. The van der Waals surface area contributed by atoms with Crippen LogP contribution in [-0.2, 0) is 10.0 Å². The zero-order valence-corrected chi connectivity index (χ0v) is 13.0. The first kappa shape index (κ1) is 14.4. The molecule has 5 heteroatoms. The first-order chi connectivity index (χ1) is 9.57. The smallest absolute Gasteiger partial charge is 0.207 e. The fraction of sp³-hybridized carbons (Fsp3) is 0.600. The van der Waals surface area contributed by atoms with Crippen molar-refractivity contribution in [3.8, 4) is 0 Å². The summed E-state index contributed by atoms with van der Waals surface area (Å²) in [5.74, 6) is 1.29. The predicted octanol–water partition coefficient (Wildman–Crippen LogP) is 3.54. The molecule has 1 saturated heterocycles. The van der Waals surface area contributed by atoms with Crippen molar-refractivity contribution in [3.05, 3.63) is 29.3 Å². The van der Waals surface area contributed by atoms with Crippen LogP contribution in [0.5, 0.6) is 0 Å². The molecule has 1 aromatic rings. The summed E-state index contributed by atoms with van der Waals surface area (Å²) in [6, 6.07) is 6.48. The summed E-state index contributed by atoms with van der Waals surface area (Å²) < 4.78 is 27.0. The molecule has 2 aliphatic rings. The lowest BCUT2D eigenvalue weighted by molar-refractivity contribution is 0.136. The monoisotopic (exact) mass is 313 g/mol. The maximum Gasteiger partial charge on any atom is 0.243 e. The molecule has 20 heavy (non-hydrogen) atoms. The lowest BCUT2D eigenvalue weighted by Gasteiger charge is -2.40. The molecule has 0 bridgehead atoms. The van der Waals surface area contributed by atoms with Crippen molar-refractivity contribution in [2.24, 2.45) is 11.8 Å². The number of hydrogen-bond acceptors (Lipinski definition) is 2. The second-order valence-corrected chi connectivity index (χ2v) is 8.28. The fourth-order valence-electron chi connectivity index (χ4n) is 3.54. The molecule has 1 aliphatic heterocycles. The van der Waals surface area contributed by atoms with Crippen LogP contribution in [0.1, 0.15) is 32.1 Å². The maximum atomic E-state index is 12.7. The van der Waals surface area contributed by atoms with Gasteiger partial charge in [-0.3, -0.25) is 0 Å². The summed E-state index contributed by atoms with van der Waals surface area (Å²) in [4.78, 5) is 0.358. The molecule has 0 unspecified atom stereocenters. The van der Waals surface area contributed by atoms with E-state index in [1.54, 1.807) is 28.6 Å². The second-order valence-electron chi connectivity index (χ2n) is 5.91. The van der Waals surface area contributed by atoms with Crippen LogP contribution in [-0.4, -0.2) is 25.8 Å². The molecule has 110 valence electrons. The average Bonchev–Trinajstić information content (AvgIpc) is 2.47. The van der Waals surface area contributed by atoms with Crippen LogP contribution in [0.4, 0.5) is 0 Å². The van der Waals surface area contributed by atoms with E-state index in [0.29, 0.717) is 28.9 Å². The topological polar surface area (TPSA) is 37.4 Å². The van der Waals surface area contributed by atoms with Crippen molar-refractivity contribution in [2.75, 3.05) is 13.1 Å². The van der Waals surface area contributed by atoms with Gasteiger partial charge in [0.2, 0.25) is 10.0 Å². The van der Waals surface area contributed by atoms with E-state index in [1.807, 2.05) is 0 Å². The van der Waals surface area contributed by atoms with Crippen molar-refractivity contribution in [3.63, 3.8) is 0 Å². The third-order valence-electron chi connectivity index (χ3n) is 4.71. The third-order valence-corrected chi connectivity index (χ3v) is 6.84. The molecule has 0 aromatic heterocycles. The first-order valence-corrected chi connectivity index (χ1v) is 9.15. The lowest BCUT2D eigenvalue weighted by Crippen LogP contribution is -2.44. The maximum absolute atomic E-state index is 12.7. The molecule has 1 aromatic carbocycles. The number of benzene rings is 1. The van der Waals surface area contributed by atoms with Gasteiger partial charge in [0, 0.05) is 18.1 Å². The van der Waals surface area contributed by atoms with Crippen molar-refractivity contribution in [1.82, 2.24) is 4.31 Å². The fourth-order valence-corrected chi connectivity index (χ4v) is 5.18. The highest BCUT2D eigenvalue weighted by molar-refractivity contribution is 7.89. The van der Waals surface area contributed by atoms with Gasteiger partial charge in [0.25, 0.3) is 0 Å². The third kappa shape index (κ3) is 2.74. The van der Waals surface area contributed by atoms with Gasteiger partial charge in [-0.1, -0.05) is 30.9 Å². The molecule has 0 N–H and O–H groups in total. The molecule has 1 saturated carbocycles. The Morgan fingerprint density at radius 3 is 2.35 bits per heavy atom. The first-order valence-electron chi connectivity index (χ1n) is 7.33. The van der Waals surface area contributed by atoms with Crippen LogP contribution in [0, 0.1) is 11.8 Å². The number of sulfonamides is 1. The van der Waals surface area contributed by atoms with Gasteiger partial charge in [0.15, 0.2) is 0 Å². The molecule has 3 rings (SSSR count). The Balaban J connectivity index is 1.79. The highest BCUT2D eigenvalue weighted by Gasteiger charge is 2.36. The number of rotatable bonds is 2. The minimum Gasteiger partial charge on any atom is -0.207 e. The summed E-state index contributed by atoms with van der Waals surface area (Å²) in [6.07, 6.45) is 6.02. The Kier molecular flexibility index (Phi) is 4.07. The van der Waals surface area contributed by atoms with Crippen LogP contribution in [0.3, 0.4) is 0 Å². The van der Waals surface area contributed by atoms with Crippen molar-refractivity contribution < 1.29 is 8.42 Å². The summed E-state index contributed by atoms with van der Waals surface area (Å²) in [5.41, 5.74) is 0. The zero-order valence-electron chi connectivity index (χ0n) is 11.5. The van der Waals surface area contributed by atoms with Gasteiger partial charge in [-0.05, 0) is 48.9 Å². The molecule has 1 heterocycles. The molecule has 2 atom stereocenters. The Hall–Kier alpha value is -0.580. The molecule has 1 aliphatic carbocycles. The zero-order chi connectivity index (χ0) is 14.2. The minimum atomic E-state index is -3.35. The number of halogens is 1. The van der Waals surface area contributed by atoms with Crippen LogP contribution in [0.25, 0.3) is 0 Å². The predicted molar refractivity (Wildman–Crippen MR) is 80.3 cm³/mol. The molecular weight excluding hydrogens is 294 g/mol. The number of nitrogens with zero attached hydrogens (tertiary/aromatic N) is 1. The van der Waals surface area contributed by atoms with Crippen molar-refractivity contribution in [2.45, 2.75) is 37.0 Å². The van der Waals surface area contributed by atoms with E-state index in [4.69, 9.17) is 11.6 Å². The van der Waals surface area contributed by atoms with Gasteiger partial charge < -0.3 is 0 Å².